The number of anilines is 1. The lowest BCUT2D eigenvalue weighted by Gasteiger charge is -2.31. The molecule has 1 aromatic rings. The summed E-state index contributed by atoms with van der Waals surface area (Å²) in [5, 5.41) is 2.77. The number of ether oxygens (including phenoxy) is 1. The quantitative estimate of drug-likeness (QED) is 0.632. The van der Waals surface area contributed by atoms with Crippen LogP contribution in [0, 0.1) is 5.92 Å². The molecule has 2 rings (SSSR count). The van der Waals surface area contributed by atoms with Crippen LogP contribution in [0.1, 0.15) is 33.6 Å². The molecule has 156 valence electrons. The van der Waals surface area contributed by atoms with E-state index >= 15 is 0 Å². The molecule has 9 heteroatoms. The molecule has 1 heterocycles. The highest BCUT2D eigenvalue weighted by atomic mass is 32.2. The van der Waals surface area contributed by atoms with Crippen molar-refractivity contribution in [2.75, 3.05) is 32.1 Å². The maximum atomic E-state index is 12.5. The summed E-state index contributed by atoms with van der Waals surface area (Å²) in [7, 11) is -2.04. The summed E-state index contributed by atoms with van der Waals surface area (Å²) >= 11 is 0. The van der Waals surface area contributed by atoms with Crippen LogP contribution in [0.25, 0.3) is 0 Å². The zero-order valence-electron chi connectivity index (χ0n) is 16.8. The van der Waals surface area contributed by atoms with Gasteiger partial charge >= 0.3 is 0 Å². The summed E-state index contributed by atoms with van der Waals surface area (Å²) in [6.45, 7) is 6.96. The topological polar surface area (TPSA) is 105 Å². The van der Waals surface area contributed by atoms with Crippen LogP contribution >= 0.6 is 0 Å². The molecule has 1 saturated heterocycles. The van der Waals surface area contributed by atoms with Crippen LogP contribution in [-0.2, 0) is 24.3 Å². The van der Waals surface area contributed by atoms with E-state index in [1.54, 1.807) is 24.1 Å². The molecule has 2 N–H and O–H groups in total. The van der Waals surface area contributed by atoms with Crippen LogP contribution in [0.4, 0.5) is 5.69 Å². The van der Waals surface area contributed by atoms with Crippen LogP contribution in [0.2, 0.25) is 0 Å². The second kappa shape index (κ2) is 9.02. The fourth-order valence-electron chi connectivity index (χ4n) is 3.00. The number of nitrogens with zero attached hydrogens (tertiary/aromatic N) is 1. The van der Waals surface area contributed by atoms with Gasteiger partial charge in [0.1, 0.15) is 0 Å². The maximum absolute atomic E-state index is 12.5. The van der Waals surface area contributed by atoms with Crippen LogP contribution in [0.15, 0.2) is 29.2 Å². The lowest BCUT2D eigenvalue weighted by molar-refractivity contribution is -0.131. The highest BCUT2D eigenvalue weighted by Crippen LogP contribution is 2.26. The summed E-state index contributed by atoms with van der Waals surface area (Å²) in [4.78, 5) is 26.5. The van der Waals surface area contributed by atoms with Crippen molar-refractivity contribution in [3.8, 4) is 0 Å². The fourth-order valence-corrected chi connectivity index (χ4v) is 4.07. The average molecular weight is 412 g/mol. The van der Waals surface area contributed by atoms with E-state index in [9.17, 15) is 18.0 Å². The number of sulfonamides is 1. The molecule has 0 bridgehead atoms. The van der Waals surface area contributed by atoms with E-state index in [2.05, 4.69) is 10.0 Å². The van der Waals surface area contributed by atoms with Gasteiger partial charge in [-0.05, 0) is 51.5 Å². The molecule has 1 aliphatic heterocycles. The number of nitrogens with one attached hydrogen (secondary N) is 2. The van der Waals surface area contributed by atoms with E-state index in [-0.39, 0.29) is 35.2 Å². The second-order valence-electron chi connectivity index (χ2n) is 7.83. The summed E-state index contributed by atoms with van der Waals surface area (Å²) in [6, 6.07) is 5.96. The van der Waals surface area contributed by atoms with Crippen molar-refractivity contribution in [1.29, 1.82) is 0 Å². The molecule has 0 unspecified atom stereocenters. The maximum Gasteiger partial charge on any atom is 0.240 e. The Bertz CT molecular complexity index is 800. The molecule has 0 saturated carbocycles. The SMILES string of the molecule is COCCCNS(=O)(=O)c1ccc(NC(=O)[C@H]2CC(=O)N(C(C)(C)C)C2)cc1. The van der Waals surface area contributed by atoms with E-state index in [4.69, 9.17) is 4.74 Å². The summed E-state index contributed by atoms with van der Waals surface area (Å²) in [5.74, 6) is -0.695. The Morgan fingerprint density at radius 1 is 1.25 bits per heavy atom. The highest BCUT2D eigenvalue weighted by Gasteiger charge is 2.39. The summed E-state index contributed by atoms with van der Waals surface area (Å²) in [6.07, 6.45) is 0.760. The first-order valence-corrected chi connectivity index (χ1v) is 10.7. The largest absolute Gasteiger partial charge is 0.385 e. The molecule has 8 nitrogen and oxygen atoms in total. The number of rotatable bonds is 8. The van der Waals surface area contributed by atoms with Crippen LogP contribution in [0.5, 0.6) is 0 Å². The van der Waals surface area contributed by atoms with Gasteiger partial charge in [-0.3, -0.25) is 9.59 Å². The van der Waals surface area contributed by atoms with Gasteiger partial charge in [-0.2, -0.15) is 0 Å². The molecular formula is C19H29N3O5S. The molecule has 0 aromatic heterocycles. The van der Waals surface area contributed by atoms with Crippen molar-refractivity contribution in [2.45, 2.75) is 44.0 Å². The number of benzene rings is 1. The third-order valence-electron chi connectivity index (χ3n) is 4.56. The lowest BCUT2D eigenvalue weighted by atomic mass is 10.1. The molecule has 0 radical (unpaired) electrons. The molecule has 1 aliphatic rings. The van der Waals surface area contributed by atoms with Crippen molar-refractivity contribution in [3.63, 3.8) is 0 Å². The van der Waals surface area contributed by atoms with Gasteiger partial charge in [0.15, 0.2) is 0 Å². The first kappa shape index (κ1) is 22.3. The van der Waals surface area contributed by atoms with E-state index in [0.717, 1.165) is 0 Å². The van der Waals surface area contributed by atoms with Crippen molar-refractivity contribution in [1.82, 2.24) is 9.62 Å². The van der Waals surface area contributed by atoms with Gasteiger partial charge in [-0.15, -0.1) is 0 Å². The molecule has 1 aromatic carbocycles. The molecule has 1 atom stereocenters. The van der Waals surface area contributed by atoms with Crippen LogP contribution in [-0.4, -0.2) is 57.5 Å². The van der Waals surface area contributed by atoms with Gasteiger partial charge in [-0.25, -0.2) is 13.1 Å². The lowest BCUT2D eigenvalue weighted by Crippen LogP contribution is -2.42. The minimum atomic E-state index is -3.60. The Morgan fingerprint density at radius 3 is 2.43 bits per heavy atom. The van der Waals surface area contributed by atoms with Gasteiger partial charge in [0.25, 0.3) is 0 Å². The number of hydrogen-bond donors (Lipinski definition) is 2. The van der Waals surface area contributed by atoms with Crippen LogP contribution < -0.4 is 10.0 Å². The van der Waals surface area contributed by atoms with Gasteiger partial charge < -0.3 is 15.0 Å². The zero-order valence-corrected chi connectivity index (χ0v) is 17.6. The van der Waals surface area contributed by atoms with Crippen molar-refractivity contribution in [3.05, 3.63) is 24.3 Å². The predicted molar refractivity (Wildman–Crippen MR) is 106 cm³/mol. The van der Waals surface area contributed by atoms with E-state index < -0.39 is 15.9 Å². The van der Waals surface area contributed by atoms with Gasteiger partial charge in [-0.1, -0.05) is 0 Å². The third-order valence-corrected chi connectivity index (χ3v) is 6.03. The standard InChI is InChI=1S/C19H29N3O5S/c1-19(2,3)22-13-14(12-17(22)23)18(24)21-15-6-8-16(9-7-15)28(25,26)20-10-5-11-27-4/h6-9,14,20H,5,10-13H2,1-4H3,(H,21,24)/t14-/m0/s1. The van der Waals surface area contributed by atoms with Crippen molar-refractivity contribution < 1.29 is 22.7 Å². The van der Waals surface area contributed by atoms with Gasteiger partial charge in [0.05, 0.1) is 10.8 Å². The first-order valence-electron chi connectivity index (χ1n) is 9.24. The average Bonchev–Trinajstić information content (AvgIpc) is 3.01. The number of amides is 2. The van der Waals surface area contributed by atoms with Gasteiger partial charge in [0.2, 0.25) is 21.8 Å². The number of carbonyl (C=O) groups excluding carboxylic acids is 2. The van der Waals surface area contributed by atoms with Crippen molar-refractivity contribution >= 4 is 27.5 Å². The Kier molecular flexibility index (Phi) is 7.19. The fraction of sp³-hybridized carbons (Fsp3) is 0.579. The van der Waals surface area contributed by atoms with Gasteiger partial charge in [0, 0.05) is 44.5 Å². The molecule has 2 amide bonds. The Labute approximate surface area is 166 Å². The number of methoxy groups -OCH3 is 1. The van der Waals surface area contributed by atoms with E-state index in [1.165, 1.54) is 12.1 Å². The minimum absolute atomic E-state index is 0.0337. The summed E-state index contributed by atoms with van der Waals surface area (Å²) < 4.78 is 31.8. The van der Waals surface area contributed by atoms with Crippen LogP contribution in [0.3, 0.4) is 0 Å². The molecule has 28 heavy (non-hydrogen) atoms. The number of likely N-dealkylation sites (tertiary alicyclic amines) is 1. The van der Waals surface area contributed by atoms with Crippen molar-refractivity contribution in [2.24, 2.45) is 5.92 Å². The molecule has 0 aliphatic carbocycles. The minimum Gasteiger partial charge on any atom is -0.385 e. The first-order chi connectivity index (χ1) is 13.0. The molecular weight excluding hydrogens is 382 g/mol. The highest BCUT2D eigenvalue weighted by molar-refractivity contribution is 7.89. The predicted octanol–water partition coefficient (Wildman–Crippen LogP) is 1.59. The Hall–Kier alpha value is -1.97. The Morgan fingerprint density at radius 2 is 1.89 bits per heavy atom. The molecule has 0 spiro atoms. The smallest absolute Gasteiger partial charge is 0.240 e. The monoisotopic (exact) mass is 411 g/mol. The zero-order chi connectivity index (χ0) is 20.9. The normalized spacial score (nSPS) is 17.8. The van der Waals surface area contributed by atoms with E-state index in [0.29, 0.717) is 25.3 Å². The molecule has 1 fully saturated rings. The Balaban J connectivity index is 1.95. The number of hydrogen-bond acceptors (Lipinski definition) is 5. The number of carbonyl (C=O) groups is 2. The van der Waals surface area contributed by atoms with E-state index in [1.807, 2.05) is 20.8 Å². The third kappa shape index (κ3) is 5.76. The summed E-state index contributed by atoms with van der Waals surface area (Å²) in [5.41, 5.74) is 0.170. The second-order valence-corrected chi connectivity index (χ2v) is 9.60.